The first kappa shape index (κ1) is 38.3. The van der Waals surface area contributed by atoms with Gasteiger partial charge in [-0.25, -0.2) is 22.3 Å². The molecule has 0 heterocycles. The summed E-state index contributed by atoms with van der Waals surface area (Å²) in [5.74, 6) is 1.10. The quantitative estimate of drug-likeness (QED) is 0.307. The molecular formula is C18H32Cl2SiZr-4. The SMILES string of the molecule is CC1=[C-]C(C)C=C1C.CC1=[C-]C(C)C=C1C.[CH3-].[CH3-].[Cl-].[Cl-].[SiH4].[Zr+2]. The van der Waals surface area contributed by atoms with Gasteiger partial charge in [-0.2, -0.15) is 12.2 Å². The van der Waals surface area contributed by atoms with E-state index in [4.69, 9.17) is 0 Å². The van der Waals surface area contributed by atoms with Gasteiger partial charge in [-0.3, -0.25) is 12.2 Å². The summed E-state index contributed by atoms with van der Waals surface area (Å²) >= 11 is 0. The Morgan fingerprint density at radius 3 is 1.00 bits per heavy atom. The van der Waals surface area contributed by atoms with Crippen LogP contribution in [0.1, 0.15) is 41.5 Å². The smallest absolute Gasteiger partial charge is 1.00 e. The zero-order valence-electron chi connectivity index (χ0n) is 14.6. The number of halogens is 2. The molecule has 0 saturated heterocycles. The molecule has 22 heavy (non-hydrogen) atoms. The molecule has 2 aliphatic rings. The van der Waals surface area contributed by atoms with Crippen LogP contribution in [-0.4, -0.2) is 11.0 Å². The Hall–Kier alpha value is 0.640. The topological polar surface area (TPSA) is 0 Å². The van der Waals surface area contributed by atoms with Crippen LogP contribution >= 0.6 is 0 Å². The molecule has 0 spiro atoms. The van der Waals surface area contributed by atoms with Crippen LogP contribution in [0.25, 0.3) is 0 Å². The summed E-state index contributed by atoms with van der Waals surface area (Å²) in [7, 11) is 0. The van der Waals surface area contributed by atoms with Gasteiger partial charge in [0.2, 0.25) is 0 Å². The van der Waals surface area contributed by atoms with Crippen molar-refractivity contribution in [1.82, 2.24) is 0 Å². The van der Waals surface area contributed by atoms with Gasteiger partial charge in [-0.1, -0.05) is 39.5 Å². The average molecular weight is 439 g/mol. The Morgan fingerprint density at radius 2 is 0.955 bits per heavy atom. The van der Waals surface area contributed by atoms with E-state index in [9.17, 15) is 0 Å². The standard InChI is InChI=1S/2C8H11.2CH3.2ClH.H4Si.Zr/c2*1-6-4-7(2)8(3)5-6;;;;;;/h2*4,6H,1-3H3;2*1H3;2*1H;1H4;/q4*-1;;;;+2/p-2. The largest absolute Gasteiger partial charge is 2.00 e. The molecule has 0 aromatic heterocycles. The molecular weight excluding hydrogens is 406 g/mol. The van der Waals surface area contributed by atoms with Gasteiger partial charge in [0.05, 0.1) is 0 Å². The van der Waals surface area contributed by atoms with E-state index >= 15 is 0 Å². The molecule has 0 aromatic rings. The monoisotopic (exact) mass is 436 g/mol. The summed E-state index contributed by atoms with van der Waals surface area (Å²) < 4.78 is 0. The summed E-state index contributed by atoms with van der Waals surface area (Å²) in [6, 6.07) is 0. The van der Waals surface area contributed by atoms with E-state index in [1.807, 2.05) is 0 Å². The van der Waals surface area contributed by atoms with Crippen LogP contribution in [0.15, 0.2) is 34.4 Å². The first-order chi connectivity index (χ1) is 7.40. The molecule has 2 aliphatic carbocycles. The van der Waals surface area contributed by atoms with Crippen LogP contribution in [-0.2, 0) is 26.2 Å². The van der Waals surface area contributed by atoms with Crippen molar-refractivity contribution in [3.8, 4) is 0 Å². The zero-order chi connectivity index (χ0) is 12.3. The van der Waals surface area contributed by atoms with Crippen molar-refractivity contribution in [1.29, 1.82) is 0 Å². The fourth-order valence-corrected chi connectivity index (χ4v) is 1.99. The van der Waals surface area contributed by atoms with Crippen LogP contribution in [0.3, 0.4) is 0 Å². The molecule has 4 heteroatoms. The van der Waals surface area contributed by atoms with Gasteiger partial charge in [0.25, 0.3) is 0 Å². The number of hydrogen-bond acceptors (Lipinski definition) is 0. The minimum atomic E-state index is 0. The number of hydrogen-bond donors (Lipinski definition) is 0. The molecule has 0 fully saturated rings. The van der Waals surface area contributed by atoms with E-state index < -0.39 is 0 Å². The first-order valence-corrected chi connectivity index (χ1v) is 5.98. The molecule has 0 aromatic carbocycles. The van der Waals surface area contributed by atoms with Crippen molar-refractivity contribution in [2.75, 3.05) is 0 Å². The molecule has 0 N–H and O–H groups in total. The Labute approximate surface area is 176 Å². The number of allylic oxidation sites excluding steroid dienone is 8. The third-order valence-corrected chi connectivity index (χ3v) is 3.07. The summed E-state index contributed by atoms with van der Waals surface area (Å²) in [6.45, 7) is 12.8. The van der Waals surface area contributed by atoms with Gasteiger partial charge in [0, 0.05) is 0 Å². The maximum absolute atomic E-state index is 3.29. The van der Waals surface area contributed by atoms with E-state index in [0.29, 0.717) is 11.8 Å². The van der Waals surface area contributed by atoms with Crippen LogP contribution in [0, 0.1) is 38.8 Å². The third-order valence-electron chi connectivity index (χ3n) is 3.07. The van der Waals surface area contributed by atoms with Crippen molar-refractivity contribution in [3.05, 3.63) is 61.4 Å². The van der Waals surface area contributed by atoms with Gasteiger partial charge < -0.3 is 39.7 Å². The molecule has 0 amide bonds. The van der Waals surface area contributed by atoms with E-state index in [0.717, 1.165) is 0 Å². The molecule has 2 rings (SSSR count). The van der Waals surface area contributed by atoms with E-state index in [-0.39, 0.29) is 76.8 Å². The van der Waals surface area contributed by atoms with Crippen molar-refractivity contribution < 1.29 is 51.0 Å². The van der Waals surface area contributed by atoms with Gasteiger partial charge in [0.15, 0.2) is 0 Å². The average Bonchev–Trinajstić information content (AvgIpc) is 2.58. The number of rotatable bonds is 0. The Balaban J connectivity index is -0.0000000457. The van der Waals surface area contributed by atoms with E-state index in [2.05, 4.69) is 65.8 Å². The Kier molecular flexibility index (Phi) is 31.3. The van der Waals surface area contributed by atoms with E-state index in [1.165, 1.54) is 22.3 Å². The summed E-state index contributed by atoms with van der Waals surface area (Å²) in [5, 5.41) is 0. The van der Waals surface area contributed by atoms with Crippen LogP contribution < -0.4 is 24.8 Å². The Morgan fingerprint density at radius 1 is 0.727 bits per heavy atom. The van der Waals surface area contributed by atoms with Crippen LogP contribution in [0.2, 0.25) is 0 Å². The van der Waals surface area contributed by atoms with Gasteiger partial charge in [0.1, 0.15) is 0 Å². The predicted molar refractivity (Wildman–Crippen MR) is 94.9 cm³/mol. The maximum atomic E-state index is 3.29. The van der Waals surface area contributed by atoms with Gasteiger partial charge in [-0.05, 0) is 11.0 Å². The molecule has 0 nitrogen and oxygen atoms in total. The second kappa shape index (κ2) is 18.0. The van der Waals surface area contributed by atoms with Crippen LogP contribution in [0.5, 0.6) is 0 Å². The third kappa shape index (κ3) is 13.1. The fourth-order valence-electron chi connectivity index (χ4n) is 1.99. The summed E-state index contributed by atoms with van der Waals surface area (Å²) in [4.78, 5) is 0. The molecule has 2 unspecified atom stereocenters. The molecule has 0 aliphatic heterocycles. The molecule has 130 valence electrons. The fraction of sp³-hybridized carbons (Fsp3) is 0.444. The second-order valence-corrected chi connectivity index (χ2v) is 4.82. The summed E-state index contributed by atoms with van der Waals surface area (Å²) in [6.07, 6.45) is 11.0. The normalized spacial score (nSPS) is 20.1. The van der Waals surface area contributed by atoms with E-state index in [1.54, 1.807) is 0 Å². The van der Waals surface area contributed by atoms with Gasteiger partial charge in [-0.15, -0.1) is 13.8 Å². The summed E-state index contributed by atoms with van der Waals surface area (Å²) in [5.41, 5.74) is 5.41. The zero-order valence-corrected chi connectivity index (χ0v) is 18.5. The molecule has 2 atom stereocenters. The van der Waals surface area contributed by atoms with Crippen molar-refractivity contribution >= 4 is 11.0 Å². The first-order valence-electron chi connectivity index (χ1n) is 5.98. The van der Waals surface area contributed by atoms with Gasteiger partial charge >= 0.3 is 26.2 Å². The second-order valence-electron chi connectivity index (χ2n) is 4.82. The van der Waals surface area contributed by atoms with Crippen molar-refractivity contribution in [3.63, 3.8) is 0 Å². The Bertz CT molecular complexity index is 322. The predicted octanol–water partition coefficient (Wildman–Crippen LogP) is -1.88. The molecule has 0 radical (unpaired) electrons. The van der Waals surface area contributed by atoms with Crippen molar-refractivity contribution in [2.45, 2.75) is 41.5 Å². The minimum Gasteiger partial charge on any atom is -1.00 e. The van der Waals surface area contributed by atoms with Crippen molar-refractivity contribution in [2.24, 2.45) is 11.8 Å². The van der Waals surface area contributed by atoms with Crippen LogP contribution in [0.4, 0.5) is 0 Å². The maximum Gasteiger partial charge on any atom is 2.00 e. The molecule has 0 bridgehead atoms. The molecule has 0 saturated carbocycles. The minimum absolute atomic E-state index is 0.